The molecule has 0 bridgehead atoms. The Kier molecular flexibility index (Phi) is 5.46. The van der Waals surface area contributed by atoms with Crippen LogP contribution in [0.5, 0.6) is 0 Å². The number of anilines is 1. The van der Waals surface area contributed by atoms with Crippen LogP contribution in [0.3, 0.4) is 0 Å². The summed E-state index contributed by atoms with van der Waals surface area (Å²) < 4.78 is 5.91. The molecular formula is C18H28N2O2. The van der Waals surface area contributed by atoms with Gasteiger partial charge in [0.05, 0.1) is 12.5 Å². The molecule has 1 aliphatic rings. The Hall–Kier alpha value is -1.55. The van der Waals surface area contributed by atoms with E-state index in [0.717, 1.165) is 37.1 Å². The molecule has 1 fully saturated rings. The number of nitrogens with one attached hydrogen (secondary N) is 1. The summed E-state index contributed by atoms with van der Waals surface area (Å²) in [4.78, 5) is 12.2. The molecular weight excluding hydrogens is 276 g/mol. The number of amides is 1. The van der Waals surface area contributed by atoms with Crippen LogP contribution in [0.15, 0.2) is 24.3 Å². The Bertz CT molecular complexity index is 496. The third-order valence-corrected chi connectivity index (χ3v) is 4.67. The molecule has 2 rings (SSSR count). The SMILES string of the molecule is CCCCO[C@@H]1C[C@@H](NC(=O)Cc2ccc(N)cc2)C1(C)C. The van der Waals surface area contributed by atoms with Crippen molar-refractivity contribution in [2.75, 3.05) is 12.3 Å². The number of benzene rings is 1. The Morgan fingerprint density at radius 1 is 1.36 bits per heavy atom. The summed E-state index contributed by atoms with van der Waals surface area (Å²) in [5, 5.41) is 3.14. The van der Waals surface area contributed by atoms with Gasteiger partial charge in [-0.3, -0.25) is 4.79 Å². The zero-order valence-electron chi connectivity index (χ0n) is 13.9. The van der Waals surface area contributed by atoms with E-state index in [-0.39, 0.29) is 23.5 Å². The number of nitrogen functional groups attached to an aromatic ring is 1. The molecule has 1 aliphatic carbocycles. The highest BCUT2D eigenvalue weighted by atomic mass is 16.5. The average Bonchev–Trinajstić information content (AvgIpc) is 2.48. The Labute approximate surface area is 133 Å². The van der Waals surface area contributed by atoms with Crippen LogP contribution in [0.4, 0.5) is 5.69 Å². The summed E-state index contributed by atoms with van der Waals surface area (Å²) in [5.74, 6) is 0.0647. The molecule has 1 saturated carbocycles. The molecule has 0 spiro atoms. The van der Waals surface area contributed by atoms with Crippen LogP contribution in [0.25, 0.3) is 0 Å². The zero-order valence-corrected chi connectivity index (χ0v) is 13.9. The lowest BCUT2D eigenvalue weighted by Gasteiger charge is -2.51. The van der Waals surface area contributed by atoms with Gasteiger partial charge in [0.15, 0.2) is 0 Å². The molecule has 4 heteroatoms. The molecule has 4 nitrogen and oxygen atoms in total. The molecule has 122 valence electrons. The monoisotopic (exact) mass is 304 g/mol. The Morgan fingerprint density at radius 2 is 2.05 bits per heavy atom. The van der Waals surface area contributed by atoms with E-state index in [1.54, 1.807) is 0 Å². The molecule has 1 aromatic rings. The van der Waals surface area contributed by atoms with Gasteiger partial charge in [-0.15, -0.1) is 0 Å². The number of carbonyl (C=O) groups excluding carboxylic acids is 1. The van der Waals surface area contributed by atoms with Gasteiger partial charge in [-0.25, -0.2) is 0 Å². The van der Waals surface area contributed by atoms with Crippen LogP contribution < -0.4 is 11.1 Å². The smallest absolute Gasteiger partial charge is 0.224 e. The van der Waals surface area contributed by atoms with E-state index in [2.05, 4.69) is 26.1 Å². The van der Waals surface area contributed by atoms with Gasteiger partial charge in [-0.05, 0) is 30.5 Å². The molecule has 3 N–H and O–H groups in total. The number of rotatable bonds is 7. The van der Waals surface area contributed by atoms with Crippen LogP contribution >= 0.6 is 0 Å². The molecule has 0 aromatic heterocycles. The predicted molar refractivity (Wildman–Crippen MR) is 89.5 cm³/mol. The first kappa shape index (κ1) is 16.8. The van der Waals surface area contributed by atoms with Crippen LogP contribution in [0, 0.1) is 5.41 Å². The van der Waals surface area contributed by atoms with E-state index in [1.165, 1.54) is 0 Å². The van der Waals surface area contributed by atoms with Crippen molar-refractivity contribution in [3.05, 3.63) is 29.8 Å². The maximum Gasteiger partial charge on any atom is 0.224 e. The normalized spacial score (nSPS) is 22.9. The lowest BCUT2D eigenvalue weighted by atomic mass is 9.64. The summed E-state index contributed by atoms with van der Waals surface area (Å²) in [6.45, 7) is 7.31. The highest BCUT2D eigenvalue weighted by molar-refractivity contribution is 5.79. The van der Waals surface area contributed by atoms with Crippen molar-refractivity contribution in [2.24, 2.45) is 5.41 Å². The molecule has 1 aromatic carbocycles. The molecule has 0 unspecified atom stereocenters. The van der Waals surface area contributed by atoms with Crippen LogP contribution in [-0.4, -0.2) is 24.7 Å². The first-order chi connectivity index (χ1) is 10.4. The summed E-state index contributed by atoms with van der Waals surface area (Å²) in [6.07, 6.45) is 3.80. The van der Waals surface area contributed by atoms with E-state index >= 15 is 0 Å². The number of unbranched alkanes of at least 4 members (excludes halogenated alkanes) is 1. The van der Waals surface area contributed by atoms with E-state index in [4.69, 9.17) is 10.5 Å². The van der Waals surface area contributed by atoms with Crippen molar-refractivity contribution in [3.8, 4) is 0 Å². The van der Waals surface area contributed by atoms with Gasteiger partial charge in [-0.1, -0.05) is 39.3 Å². The fourth-order valence-electron chi connectivity index (χ4n) is 2.85. The molecule has 2 atom stereocenters. The highest BCUT2D eigenvalue weighted by Gasteiger charge is 2.49. The summed E-state index contributed by atoms with van der Waals surface area (Å²) in [5.41, 5.74) is 7.36. The summed E-state index contributed by atoms with van der Waals surface area (Å²) in [6, 6.07) is 7.65. The molecule has 0 saturated heterocycles. The molecule has 1 amide bonds. The molecule has 0 radical (unpaired) electrons. The van der Waals surface area contributed by atoms with Crippen LogP contribution in [0.2, 0.25) is 0 Å². The van der Waals surface area contributed by atoms with Gasteiger partial charge in [0.25, 0.3) is 0 Å². The van der Waals surface area contributed by atoms with Gasteiger partial charge >= 0.3 is 0 Å². The second-order valence-corrected chi connectivity index (χ2v) is 6.81. The number of hydrogen-bond donors (Lipinski definition) is 2. The topological polar surface area (TPSA) is 64.3 Å². The second kappa shape index (κ2) is 7.14. The minimum absolute atomic E-state index is 0.00448. The summed E-state index contributed by atoms with van der Waals surface area (Å²) >= 11 is 0. The molecule has 0 aliphatic heterocycles. The highest BCUT2D eigenvalue weighted by Crippen LogP contribution is 2.42. The van der Waals surface area contributed by atoms with Crippen molar-refractivity contribution < 1.29 is 9.53 Å². The number of ether oxygens (including phenoxy) is 1. The fourth-order valence-corrected chi connectivity index (χ4v) is 2.85. The van der Waals surface area contributed by atoms with Crippen molar-refractivity contribution >= 4 is 11.6 Å². The van der Waals surface area contributed by atoms with E-state index in [9.17, 15) is 4.79 Å². The van der Waals surface area contributed by atoms with Gasteiger partial charge in [0, 0.05) is 23.8 Å². The summed E-state index contributed by atoms with van der Waals surface area (Å²) in [7, 11) is 0. The second-order valence-electron chi connectivity index (χ2n) is 6.81. The lowest BCUT2D eigenvalue weighted by molar-refractivity contribution is -0.137. The molecule has 0 heterocycles. The minimum Gasteiger partial charge on any atom is -0.399 e. The third-order valence-electron chi connectivity index (χ3n) is 4.67. The predicted octanol–water partition coefficient (Wildman–Crippen LogP) is 2.91. The van der Waals surface area contributed by atoms with Gasteiger partial charge in [0.1, 0.15) is 0 Å². The Morgan fingerprint density at radius 3 is 2.64 bits per heavy atom. The van der Waals surface area contributed by atoms with Gasteiger partial charge in [0.2, 0.25) is 5.91 Å². The largest absolute Gasteiger partial charge is 0.399 e. The minimum atomic E-state index is 0.00448. The standard InChI is InChI=1S/C18H28N2O2/c1-4-5-10-22-16-12-15(18(16,2)3)20-17(21)11-13-6-8-14(19)9-7-13/h6-9,15-16H,4-5,10-12,19H2,1-3H3,(H,20,21)/t15-,16-/m1/s1. The maximum atomic E-state index is 12.2. The van der Waals surface area contributed by atoms with E-state index < -0.39 is 0 Å². The number of carbonyl (C=O) groups is 1. The molecule has 22 heavy (non-hydrogen) atoms. The number of nitrogens with two attached hydrogens (primary N) is 1. The van der Waals surface area contributed by atoms with Crippen LogP contribution in [-0.2, 0) is 16.0 Å². The van der Waals surface area contributed by atoms with E-state index in [0.29, 0.717) is 6.42 Å². The van der Waals surface area contributed by atoms with Crippen molar-refractivity contribution in [3.63, 3.8) is 0 Å². The van der Waals surface area contributed by atoms with Gasteiger partial charge in [-0.2, -0.15) is 0 Å². The number of hydrogen-bond acceptors (Lipinski definition) is 3. The van der Waals surface area contributed by atoms with Gasteiger partial charge < -0.3 is 15.8 Å². The Balaban J connectivity index is 1.79. The first-order valence-electron chi connectivity index (χ1n) is 8.19. The maximum absolute atomic E-state index is 12.2. The van der Waals surface area contributed by atoms with Crippen LogP contribution in [0.1, 0.15) is 45.6 Å². The quantitative estimate of drug-likeness (QED) is 0.601. The fraction of sp³-hybridized carbons (Fsp3) is 0.611. The lowest BCUT2D eigenvalue weighted by Crippen LogP contribution is -2.62. The average molecular weight is 304 g/mol. The van der Waals surface area contributed by atoms with E-state index in [1.807, 2.05) is 24.3 Å². The van der Waals surface area contributed by atoms with Crippen molar-refractivity contribution in [2.45, 2.75) is 58.6 Å². The first-order valence-corrected chi connectivity index (χ1v) is 8.19. The zero-order chi connectivity index (χ0) is 16.2. The third kappa shape index (κ3) is 4.01. The van der Waals surface area contributed by atoms with Crippen molar-refractivity contribution in [1.82, 2.24) is 5.32 Å². The van der Waals surface area contributed by atoms with Crippen molar-refractivity contribution in [1.29, 1.82) is 0 Å².